The highest BCUT2D eigenvalue weighted by Crippen LogP contribution is 2.33. The van der Waals surface area contributed by atoms with E-state index in [0.29, 0.717) is 0 Å². The Balaban J connectivity index is 3.32. The standard InChI is InChI=1S/C7H6BrClF2N2/c8-1-4-5(7(10)11)6(9)3(12)2-13-4/h2,7H,1,12H2. The molecule has 72 valence electrons. The number of halogens is 4. The van der Waals surface area contributed by atoms with Gasteiger partial charge >= 0.3 is 0 Å². The molecule has 0 aliphatic rings. The molecule has 0 aliphatic carbocycles. The van der Waals surface area contributed by atoms with Crippen molar-refractivity contribution in [1.29, 1.82) is 0 Å². The van der Waals surface area contributed by atoms with E-state index < -0.39 is 6.43 Å². The molecule has 1 aromatic rings. The van der Waals surface area contributed by atoms with Gasteiger partial charge in [-0.15, -0.1) is 0 Å². The summed E-state index contributed by atoms with van der Waals surface area (Å²) in [5.74, 6) is 0. The molecule has 0 atom stereocenters. The molecule has 0 amide bonds. The van der Waals surface area contributed by atoms with Gasteiger partial charge in [0, 0.05) is 5.33 Å². The minimum Gasteiger partial charge on any atom is -0.396 e. The minimum absolute atomic E-state index is 0.0710. The Hall–Kier alpha value is -0.420. The lowest BCUT2D eigenvalue weighted by Crippen LogP contribution is -2.00. The van der Waals surface area contributed by atoms with Crippen molar-refractivity contribution in [3.8, 4) is 0 Å². The highest BCUT2D eigenvalue weighted by Gasteiger charge is 2.19. The normalized spacial score (nSPS) is 10.8. The second-order valence-corrected chi connectivity index (χ2v) is 3.26. The Kier molecular flexibility index (Phi) is 3.44. The van der Waals surface area contributed by atoms with Gasteiger partial charge in [0.25, 0.3) is 6.43 Å². The topological polar surface area (TPSA) is 38.9 Å². The Morgan fingerprint density at radius 2 is 2.23 bits per heavy atom. The molecule has 0 bridgehead atoms. The fourth-order valence-corrected chi connectivity index (χ4v) is 1.57. The van der Waals surface area contributed by atoms with Crippen LogP contribution in [0.4, 0.5) is 14.5 Å². The Morgan fingerprint density at radius 3 is 2.69 bits per heavy atom. The van der Waals surface area contributed by atoms with Gasteiger partial charge in [-0.05, 0) is 0 Å². The van der Waals surface area contributed by atoms with Gasteiger partial charge in [-0.1, -0.05) is 27.5 Å². The number of hydrogen-bond acceptors (Lipinski definition) is 2. The van der Waals surface area contributed by atoms with Crippen LogP contribution >= 0.6 is 27.5 Å². The maximum absolute atomic E-state index is 12.5. The van der Waals surface area contributed by atoms with Gasteiger partial charge < -0.3 is 5.73 Å². The zero-order chi connectivity index (χ0) is 10.0. The molecule has 0 saturated carbocycles. The molecule has 0 saturated heterocycles. The van der Waals surface area contributed by atoms with E-state index in [2.05, 4.69) is 20.9 Å². The highest BCUT2D eigenvalue weighted by molar-refractivity contribution is 9.08. The van der Waals surface area contributed by atoms with Crippen LogP contribution in [0.1, 0.15) is 17.7 Å². The average molecular weight is 271 g/mol. The fourth-order valence-electron chi connectivity index (χ4n) is 0.884. The lowest BCUT2D eigenvalue weighted by molar-refractivity contribution is 0.150. The number of pyridine rings is 1. The van der Waals surface area contributed by atoms with E-state index in [4.69, 9.17) is 17.3 Å². The van der Waals surface area contributed by atoms with Gasteiger partial charge in [-0.25, -0.2) is 8.78 Å². The number of hydrogen-bond donors (Lipinski definition) is 1. The highest BCUT2D eigenvalue weighted by atomic mass is 79.9. The largest absolute Gasteiger partial charge is 0.396 e. The first kappa shape index (κ1) is 10.7. The summed E-state index contributed by atoms with van der Waals surface area (Å²) in [4.78, 5) is 3.74. The molecule has 1 rings (SSSR count). The van der Waals surface area contributed by atoms with Crippen molar-refractivity contribution >= 4 is 33.2 Å². The Bertz CT molecular complexity index is 320. The van der Waals surface area contributed by atoms with E-state index in [9.17, 15) is 8.78 Å². The first-order chi connectivity index (χ1) is 6.07. The SMILES string of the molecule is Nc1cnc(CBr)c(C(F)F)c1Cl. The van der Waals surface area contributed by atoms with Gasteiger partial charge in [0.15, 0.2) is 0 Å². The van der Waals surface area contributed by atoms with Crippen LogP contribution in [0.2, 0.25) is 5.02 Å². The monoisotopic (exact) mass is 270 g/mol. The fraction of sp³-hybridized carbons (Fsp3) is 0.286. The number of nitrogen functional groups attached to an aromatic ring is 1. The van der Waals surface area contributed by atoms with E-state index in [1.54, 1.807) is 0 Å². The third kappa shape index (κ3) is 2.08. The number of nitrogens with two attached hydrogens (primary N) is 1. The summed E-state index contributed by atoms with van der Waals surface area (Å²) in [7, 11) is 0. The van der Waals surface area contributed by atoms with Crippen molar-refractivity contribution in [3.63, 3.8) is 0 Å². The molecular weight excluding hydrogens is 265 g/mol. The van der Waals surface area contributed by atoms with Crippen molar-refractivity contribution in [2.75, 3.05) is 5.73 Å². The predicted molar refractivity (Wildman–Crippen MR) is 51.2 cm³/mol. The van der Waals surface area contributed by atoms with Crippen molar-refractivity contribution in [3.05, 3.63) is 22.5 Å². The molecule has 0 unspecified atom stereocenters. The van der Waals surface area contributed by atoms with E-state index in [1.165, 1.54) is 6.20 Å². The minimum atomic E-state index is -2.66. The van der Waals surface area contributed by atoms with Gasteiger partial charge in [0.1, 0.15) is 0 Å². The molecule has 0 fully saturated rings. The van der Waals surface area contributed by atoms with Crippen molar-refractivity contribution in [2.24, 2.45) is 0 Å². The molecule has 0 aromatic carbocycles. The van der Waals surface area contributed by atoms with Crippen LogP contribution in [0.5, 0.6) is 0 Å². The first-order valence-corrected chi connectivity index (χ1v) is 4.84. The van der Waals surface area contributed by atoms with E-state index in [0.717, 1.165) is 0 Å². The van der Waals surface area contributed by atoms with Crippen LogP contribution in [0, 0.1) is 0 Å². The van der Waals surface area contributed by atoms with Crippen molar-refractivity contribution in [2.45, 2.75) is 11.8 Å². The van der Waals surface area contributed by atoms with Crippen molar-refractivity contribution < 1.29 is 8.78 Å². The molecule has 0 aliphatic heterocycles. The zero-order valence-electron chi connectivity index (χ0n) is 6.40. The number of anilines is 1. The van der Waals surface area contributed by atoms with Crippen LogP contribution in [0.3, 0.4) is 0 Å². The second kappa shape index (κ2) is 4.19. The zero-order valence-corrected chi connectivity index (χ0v) is 8.74. The molecule has 1 heterocycles. The third-order valence-electron chi connectivity index (χ3n) is 1.51. The average Bonchev–Trinajstić information content (AvgIpc) is 2.08. The second-order valence-electron chi connectivity index (χ2n) is 2.32. The molecule has 0 radical (unpaired) electrons. The molecule has 0 spiro atoms. The van der Waals surface area contributed by atoms with E-state index in [1.807, 2.05) is 0 Å². The van der Waals surface area contributed by atoms with E-state index >= 15 is 0 Å². The maximum atomic E-state index is 12.5. The summed E-state index contributed by atoms with van der Waals surface area (Å²) in [5.41, 5.74) is 5.33. The molecule has 2 nitrogen and oxygen atoms in total. The smallest absolute Gasteiger partial charge is 0.267 e. The summed E-state index contributed by atoms with van der Waals surface area (Å²) >= 11 is 8.65. The summed E-state index contributed by atoms with van der Waals surface area (Å²) in [5, 5.41) is 0.117. The van der Waals surface area contributed by atoms with Crippen LogP contribution in [0.15, 0.2) is 6.20 Å². The lowest BCUT2D eigenvalue weighted by atomic mass is 10.2. The Morgan fingerprint density at radius 1 is 1.62 bits per heavy atom. The van der Waals surface area contributed by atoms with Gasteiger partial charge in [-0.3, -0.25) is 4.98 Å². The third-order valence-corrected chi connectivity index (χ3v) is 2.46. The molecule has 1 aromatic heterocycles. The van der Waals surface area contributed by atoms with Crippen molar-refractivity contribution in [1.82, 2.24) is 4.98 Å². The summed E-state index contributed by atoms with van der Waals surface area (Å²) in [6.07, 6.45) is -1.39. The molecule has 6 heteroatoms. The quantitative estimate of drug-likeness (QED) is 0.839. The number of nitrogens with zero attached hydrogens (tertiary/aromatic N) is 1. The Labute approximate surface area is 87.2 Å². The molecule has 13 heavy (non-hydrogen) atoms. The summed E-state index contributed by atoms with van der Waals surface area (Å²) < 4.78 is 24.9. The van der Waals surface area contributed by atoms with Crippen LogP contribution < -0.4 is 5.73 Å². The predicted octanol–water partition coefficient (Wildman–Crippen LogP) is 3.15. The van der Waals surface area contributed by atoms with Crippen LogP contribution in [0.25, 0.3) is 0 Å². The summed E-state index contributed by atoms with van der Waals surface area (Å²) in [6.45, 7) is 0. The van der Waals surface area contributed by atoms with E-state index in [-0.39, 0.29) is 27.3 Å². The number of rotatable bonds is 2. The van der Waals surface area contributed by atoms with Gasteiger partial charge in [0.2, 0.25) is 0 Å². The molecule has 2 N–H and O–H groups in total. The molecular formula is C7H6BrClF2N2. The number of alkyl halides is 3. The lowest BCUT2D eigenvalue weighted by Gasteiger charge is -2.08. The van der Waals surface area contributed by atoms with Crippen LogP contribution in [-0.4, -0.2) is 4.98 Å². The van der Waals surface area contributed by atoms with Gasteiger partial charge in [0.05, 0.1) is 28.2 Å². The van der Waals surface area contributed by atoms with Crippen LogP contribution in [-0.2, 0) is 5.33 Å². The number of aromatic nitrogens is 1. The summed E-state index contributed by atoms with van der Waals surface area (Å²) in [6, 6.07) is 0. The first-order valence-electron chi connectivity index (χ1n) is 3.34. The van der Waals surface area contributed by atoms with Gasteiger partial charge in [-0.2, -0.15) is 0 Å². The maximum Gasteiger partial charge on any atom is 0.267 e.